The predicted octanol–water partition coefficient (Wildman–Crippen LogP) is 2.37. The van der Waals surface area contributed by atoms with Crippen molar-refractivity contribution in [2.75, 3.05) is 0 Å². The number of aromatic carboxylic acids is 1. The van der Waals surface area contributed by atoms with E-state index in [4.69, 9.17) is 0 Å². The second kappa shape index (κ2) is 6.86. The Morgan fingerprint density at radius 3 is 2.60 bits per heavy atom. The molecule has 25 heavy (non-hydrogen) atoms. The number of thiazole rings is 1. The minimum atomic E-state index is -1.35. The van der Waals surface area contributed by atoms with Gasteiger partial charge in [-0.05, 0) is 0 Å². The molecule has 0 radical (unpaired) electrons. The van der Waals surface area contributed by atoms with Crippen molar-refractivity contribution < 1.29 is 29.6 Å². The molecular weight excluding hydrogens is 392 g/mol. The molecule has 0 atom stereocenters. The number of hydrogen-bond acceptors (Lipinski definition) is 4. The first kappa shape index (κ1) is 17.5. The number of benzene rings is 1. The minimum absolute atomic E-state index is 0.208. The third-order valence-corrected chi connectivity index (χ3v) is 4.79. The summed E-state index contributed by atoms with van der Waals surface area (Å²) in [6.45, 7) is 2.12. The molecule has 6 nitrogen and oxygen atoms in total. The van der Waals surface area contributed by atoms with Gasteiger partial charge in [-0.3, -0.25) is 0 Å². The van der Waals surface area contributed by atoms with Crippen LogP contribution in [0.5, 0.6) is 0 Å². The Hall–Kier alpha value is -2.36. The van der Waals surface area contributed by atoms with Crippen molar-refractivity contribution in [2.24, 2.45) is 0 Å². The maximum atomic E-state index is 13.2. The first-order valence-corrected chi connectivity index (χ1v) is 8.50. The van der Waals surface area contributed by atoms with Gasteiger partial charge in [-0.25, -0.2) is 0 Å². The third kappa shape index (κ3) is 3.53. The Morgan fingerprint density at radius 1 is 1.36 bits per heavy atom. The number of carboxylic acid groups (broad SMARTS) is 1. The van der Waals surface area contributed by atoms with Crippen LogP contribution in [0.1, 0.15) is 21.1 Å². The van der Waals surface area contributed by atoms with Crippen LogP contribution in [0.25, 0.3) is 5.69 Å². The summed E-state index contributed by atoms with van der Waals surface area (Å²) in [5.74, 6) is -1.81. The van der Waals surface area contributed by atoms with Crippen molar-refractivity contribution in [1.82, 2.24) is 14.1 Å². The van der Waals surface area contributed by atoms with Crippen molar-refractivity contribution >= 4 is 17.3 Å². The summed E-state index contributed by atoms with van der Waals surface area (Å²) in [4.78, 5) is 28.3. The molecule has 131 valence electrons. The van der Waals surface area contributed by atoms with E-state index in [0.717, 1.165) is 15.3 Å². The first-order valence-electron chi connectivity index (χ1n) is 7.10. The molecule has 1 N–H and O–H groups in total. The Kier molecular flexibility index (Phi) is 4.79. The molecule has 0 saturated heterocycles. The number of aryl methyl sites for hydroxylation is 1. The summed E-state index contributed by atoms with van der Waals surface area (Å²) in [6, 6.07) is 5.15. The van der Waals surface area contributed by atoms with Gasteiger partial charge in [0.25, 0.3) is 0 Å². The molecule has 0 amide bonds. The quantitative estimate of drug-likeness (QED) is 0.725. The summed E-state index contributed by atoms with van der Waals surface area (Å²) >= 11 is 5.92. The fourth-order valence-electron chi connectivity index (χ4n) is 2.31. The molecule has 0 aliphatic carbocycles. The van der Waals surface area contributed by atoms with E-state index in [1.54, 1.807) is 0 Å². The van der Waals surface area contributed by atoms with Crippen LogP contribution >= 0.6 is 11.3 Å². The van der Waals surface area contributed by atoms with Crippen molar-refractivity contribution in [2.45, 2.75) is 13.5 Å². The molecule has 0 bridgehead atoms. The van der Waals surface area contributed by atoms with Crippen LogP contribution in [0.3, 0.4) is 0 Å². The Bertz CT molecular complexity index is 1070. The van der Waals surface area contributed by atoms with Gasteiger partial charge in [-0.15, -0.1) is 0 Å². The van der Waals surface area contributed by atoms with E-state index in [9.17, 15) is 19.1 Å². The monoisotopic (exact) mass is 404 g/mol. The van der Waals surface area contributed by atoms with Crippen LogP contribution in [-0.2, 0) is 21.8 Å². The Labute approximate surface area is 153 Å². The summed E-state index contributed by atoms with van der Waals surface area (Å²) in [5, 5.41) is 12.1. The van der Waals surface area contributed by atoms with E-state index < -0.39 is 22.9 Å². The normalized spacial score (nSPS) is 10.8. The van der Waals surface area contributed by atoms with Crippen LogP contribution in [0.15, 0.2) is 40.6 Å². The van der Waals surface area contributed by atoms with Crippen LogP contribution in [-0.4, -0.2) is 25.2 Å². The van der Waals surface area contributed by atoms with E-state index in [2.05, 4.69) is 20.3 Å². The van der Waals surface area contributed by atoms with Crippen LogP contribution in [0.2, 0.25) is 0 Å². The summed E-state index contributed by atoms with van der Waals surface area (Å²) in [5.41, 5.74) is -0.108. The average Bonchev–Trinajstić information content (AvgIpc) is 2.96. The number of nitrogens with zero attached hydrogens (tertiary/aromatic N) is 3. The van der Waals surface area contributed by atoms with E-state index in [1.807, 2.05) is 12.3 Å². The van der Waals surface area contributed by atoms with Crippen molar-refractivity contribution in [3.63, 3.8) is 0 Å². The molecule has 3 rings (SSSR count). The summed E-state index contributed by atoms with van der Waals surface area (Å²) in [6.07, 6.45) is 1.24. The van der Waals surface area contributed by atoms with Gasteiger partial charge in [0.05, 0.1) is 0 Å². The maximum absolute atomic E-state index is 13.2. The van der Waals surface area contributed by atoms with Gasteiger partial charge >= 0.3 is 153 Å². The van der Waals surface area contributed by atoms with E-state index in [0.29, 0.717) is 5.69 Å². The number of carbonyl (C=O) groups is 1. The zero-order valence-electron chi connectivity index (χ0n) is 12.9. The molecule has 0 aliphatic heterocycles. The predicted molar refractivity (Wildman–Crippen MR) is 86.1 cm³/mol. The topological polar surface area (TPSA) is 77.1 Å². The van der Waals surface area contributed by atoms with Crippen LogP contribution in [0.4, 0.5) is 4.39 Å². The molecule has 0 spiro atoms. The Morgan fingerprint density at radius 2 is 2.04 bits per heavy atom. The first-order chi connectivity index (χ1) is 11.9. The zero-order valence-corrected chi connectivity index (χ0v) is 14.8. The van der Waals surface area contributed by atoms with Gasteiger partial charge < -0.3 is 0 Å². The molecule has 3 aromatic rings. The second-order valence-corrected chi connectivity index (χ2v) is 6.73. The molecule has 1 aromatic carbocycles. The molecule has 0 fully saturated rings. The van der Waals surface area contributed by atoms with Gasteiger partial charge in [0, 0.05) is 0 Å². The molecule has 0 aliphatic rings. The van der Waals surface area contributed by atoms with Gasteiger partial charge in [-0.1, -0.05) is 0 Å². The van der Waals surface area contributed by atoms with Crippen LogP contribution < -0.4 is 5.56 Å². The number of hydrogen-bond donors (Lipinski definition) is 1. The standard InChI is InChI=1S/C16H12FN3O3S.Co/c1-10-18-12(8-24-10)6-19-7-14(16(22)23)15(21)20(9-19)13-4-2-11(17)3-5-13;/h2-5,7-8H,6H2,1H3,(H,22,23);. The van der Waals surface area contributed by atoms with Crippen molar-refractivity contribution in [3.8, 4) is 5.69 Å². The van der Waals surface area contributed by atoms with Gasteiger partial charge in [0.15, 0.2) is 0 Å². The van der Waals surface area contributed by atoms with Crippen molar-refractivity contribution in [3.05, 3.63) is 72.6 Å². The zero-order chi connectivity index (χ0) is 18.1. The Balaban J connectivity index is 2.22. The summed E-state index contributed by atoms with van der Waals surface area (Å²) < 4.78 is 16.0. The fraction of sp³-hybridized carbons (Fsp3) is 0.125. The number of carboxylic acids is 1. The van der Waals surface area contributed by atoms with Crippen molar-refractivity contribution in [1.29, 1.82) is 0 Å². The average molecular weight is 404 g/mol. The number of halogens is 1. The summed E-state index contributed by atoms with van der Waals surface area (Å²) in [7, 11) is 0. The fourth-order valence-corrected chi connectivity index (χ4v) is 3.30. The second-order valence-electron chi connectivity index (χ2n) is 5.20. The third-order valence-electron chi connectivity index (χ3n) is 3.43. The van der Waals surface area contributed by atoms with Gasteiger partial charge in [0.1, 0.15) is 0 Å². The molecular formula is C16H12CoFN3O3S. The molecule has 2 aromatic heterocycles. The van der Waals surface area contributed by atoms with E-state index in [-0.39, 0.29) is 10.9 Å². The molecule has 2 heterocycles. The number of aromatic nitrogens is 3. The number of rotatable bonds is 4. The van der Waals surface area contributed by atoms with E-state index >= 15 is 0 Å². The molecule has 0 saturated carbocycles. The SMILES string of the molecule is Cc1nc(Cn2cc(C(=O)O)c(=O)n(-c3ccc(F)cc3)[c]2=[Co])cs1. The van der Waals surface area contributed by atoms with Crippen LogP contribution in [0, 0.1) is 17.1 Å². The van der Waals surface area contributed by atoms with Gasteiger partial charge in [-0.2, -0.15) is 0 Å². The van der Waals surface area contributed by atoms with E-state index in [1.165, 1.54) is 46.4 Å². The molecule has 9 heteroatoms. The molecule has 0 unspecified atom stereocenters. The van der Waals surface area contributed by atoms with Gasteiger partial charge in [0.2, 0.25) is 0 Å².